The molecule has 0 aliphatic carbocycles. The Hall–Kier alpha value is -5.72. The van der Waals surface area contributed by atoms with Gasteiger partial charge >= 0.3 is 12.2 Å². The third-order valence-corrected chi connectivity index (χ3v) is 12.5. The maximum Gasteiger partial charge on any atom is 0.411 e. The number of carbonyl (C=O) groups is 4. The zero-order chi connectivity index (χ0) is 50.2. The largest absolute Gasteiger partial charge is 0.444 e. The van der Waals surface area contributed by atoms with Crippen molar-refractivity contribution in [3.8, 4) is 0 Å². The van der Waals surface area contributed by atoms with Gasteiger partial charge in [-0.25, -0.2) is 9.59 Å². The molecule has 2 heterocycles. The van der Waals surface area contributed by atoms with Crippen molar-refractivity contribution in [2.24, 2.45) is 0 Å². The van der Waals surface area contributed by atoms with Crippen LogP contribution in [0.15, 0.2) is 121 Å². The molecule has 2 fully saturated rings. The predicted molar refractivity (Wildman–Crippen MR) is 281 cm³/mol. The minimum absolute atomic E-state index is 0.0424. The number of benzene rings is 4. The summed E-state index contributed by atoms with van der Waals surface area (Å²) in [6.07, 6.45) is 10.6. The molecule has 4 aromatic carbocycles. The van der Waals surface area contributed by atoms with Crippen molar-refractivity contribution >= 4 is 24.0 Å². The molecule has 2 saturated heterocycles. The van der Waals surface area contributed by atoms with Gasteiger partial charge in [-0.15, -0.1) is 0 Å². The molecule has 2 atom stereocenters. The van der Waals surface area contributed by atoms with Crippen LogP contribution in [0.1, 0.15) is 115 Å². The van der Waals surface area contributed by atoms with Gasteiger partial charge in [-0.2, -0.15) is 0 Å². The molecule has 0 saturated carbocycles. The first kappa shape index (κ1) is 55.2. The number of nitrogens with one attached hydrogen (secondary N) is 4. The number of hydrogen-bond acceptors (Lipinski definition) is 8. The van der Waals surface area contributed by atoms with Crippen LogP contribution < -0.4 is 21.3 Å². The number of rotatable bonds is 20. The highest BCUT2D eigenvalue weighted by molar-refractivity contribution is 5.87. The molecule has 2 aliphatic rings. The minimum Gasteiger partial charge on any atom is -0.444 e. The van der Waals surface area contributed by atoms with Crippen LogP contribution in [0.3, 0.4) is 0 Å². The number of piperazine rings is 2. The summed E-state index contributed by atoms with van der Waals surface area (Å²) in [4.78, 5) is 55.6. The number of amides is 4. The van der Waals surface area contributed by atoms with Crippen LogP contribution in [0.2, 0.25) is 0 Å². The van der Waals surface area contributed by atoms with Crippen LogP contribution >= 0.6 is 0 Å². The zero-order valence-electron chi connectivity index (χ0n) is 42.9. The molecular weight excluding hydrogens is 877 g/mol. The number of ether oxygens (including phenoxy) is 2. The van der Waals surface area contributed by atoms with Gasteiger partial charge in [0.2, 0.25) is 11.8 Å². The third-order valence-electron chi connectivity index (χ3n) is 12.5. The lowest BCUT2D eigenvalue weighted by molar-refractivity contribution is -0.129. The number of nitrogens with zero attached hydrogens (tertiary/aromatic N) is 2. The van der Waals surface area contributed by atoms with Gasteiger partial charge in [0, 0.05) is 44.8 Å². The number of aryl methyl sites for hydroxylation is 4. The first-order valence-electron chi connectivity index (χ1n) is 25.8. The Kier molecular flexibility index (Phi) is 22.7. The fourth-order valence-electron chi connectivity index (χ4n) is 8.84. The molecule has 0 aromatic heterocycles. The summed E-state index contributed by atoms with van der Waals surface area (Å²) in [7, 11) is 0. The van der Waals surface area contributed by atoms with Gasteiger partial charge in [-0.1, -0.05) is 121 Å². The molecule has 2 unspecified atom stereocenters. The van der Waals surface area contributed by atoms with E-state index in [0.29, 0.717) is 6.54 Å². The Labute approximate surface area is 419 Å². The highest BCUT2D eigenvalue weighted by Crippen LogP contribution is 2.21. The van der Waals surface area contributed by atoms with Crippen molar-refractivity contribution in [1.29, 1.82) is 0 Å². The molecule has 0 bridgehead atoms. The smallest absolute Gasteiger partial charge is 0.411 e. The van der Waals surface area contributed by atoms with Crippen LogP contribution in [-0.2, 0) is 44.7 Å². The van der Waals surface area contributed by atoms with E-state index in [9.17, 15) is 19.2 Å². The fourth-order valence-corrected chi connectivity index (χ4v) is 8.84. The summed E-state index contributed by atoms with van der Waals surface area (Å²) >= 11 is 0. The Balaban J connectivity index is 0.000000282. The van der Waals surface area contributed by atoms with Crippen molar-refractivity contribution in [2.45, 2.75) is 154 Å². The maximum atomic E-state index is 13.9. The van der Waals surface area contributed by atoms with Gasteiger partial charge < -0.3 is 35.6 Å². The Morgan fingerprint density at radius 2 is 0.929 bits per heavy atom. The minimum atomic E-state index is -0.883. The number of carbonyl (C=O) groups excluding carboxylic acids is 4. The highest BCUT2D eigenvalue weighted by Gasteiger charge is 2.40. The van der Waals surface area contributed by atoms with Gasteiger partial charge in [0.15, 0.2) is 0 Å². The Morgan fingerprint density at radius 1 is 0.543 bits per heavy atom. The normalized spacial score (nSPS) is 16.2. The van der Waals surface area contributed by atoms with Crippen molar-refractivity contribution in [3.63, 3.8) is 0 Å². The van der Waals surface area contributed by atoms with E-state index in [0.717, 1.165) is 90.1 Å². The first-order chi connectivity index (χ1) is 33.6. The van der Waals surface area contributed by atoms with Gasteiger partial charge in [0.1, 0.15) is 17.2 Å². The molecule has 2 aliphatic heterocycles. The molecule has 0 radical (unpaired) electrons. The average Bonchev–Trinajstić information content (AvgIpc) is 3.34. The van der Waals surface area contributed by atoms with Crippen LogP contribution in [-0.4, -0.2) is 108 Å². The molecule has 12 nitrogen and oxygen atoms in total. The van der Waals surface area contributed by atoms with Crippen molar-refractivity contribution < 1.29 is 28.7 Å². The second kappa shape index (κ2) is 28.8. The first-order valence-corrected chi connectivity index (χ1v) is 25.8. The molecule has 6 rings (SSSR count). The van der Waals surface area contributed by atoms with Crippen molar-refractivity contribution in [3.05, 3.63) is 144 Å². The van der Waals surface area contributed by atoms with E-state index in [-0.39, 0.29) is 49.6 Å². The molecule has 4 N–H and O–H groups in total. The quantitative estimate of drug-likeness (QED) is 0.0687. The maximum absolute atomic E-state index is 13.9. The summed E-state index contributed by atoms with van der Waals surface area (Å²) in [5.74, 6) is -0.143. The monoisotopic (exact) mass is 959 g/mol. The Morgan fingerprint density at radius 3 is 1.30 bits per heavy atom. The van der Waals surface area contributed by atoms with Crippen molar-refractivity contribution in [1.82, 2.24) is 31.1 Å². The van der Waals surface area contributed by atoms with E-state index in [1.54, 1.807) is 20.8 Å². The number of hydrogen-bond donors (Lipinski definition) is 4. The summed E-state index contributed by atoms with van der Waals surface area (Å²) in [6.45, 7) is 13.8. The second-order valence-electron chi connectivity index (χ2n) is 20.7. The second-order valence-corrected chi connectivity index (χ2v) is 20.7. The zero-order valence-corrected chi connectivity index (χ0v) is 42.9. The van der Waals surface area contributed by atoms with E-state index in [1.165, 1.54) is 32.1 Å². The summed E-state index contributed by atoms with van der Waals surface area (Å²) in [5.41, 5.74) is 3.90. The molecule has 12 heteroatoms. The predicted octanol–water partition coefficient (Wildman–Crippen LogP) is 9.45. The van der Waals surface area contributed by atoms with Crippen LogP contribution in [0.5, 0.6) is 0 Å². The highest BCUT2D eigenvalue weighted by atomic mass is 16.6. The topological polar surface area (TPSA) is 141 Å². The van der Waals surface area contributed by atoms with E-state index in [1.807, 2.05) is 57.2 Å². The SMILES string of the molecule is CC(C)(C)OC(=O)N1CCN(C(=O)OC(C)(C)C)C(C(=O)NC(CCCc2ccccc2)CCCc2ccccc2)C1.O=C(NC(CCCc1ccccc1)CCCc1ccccc1)C1CNCCN1. The van der Waals surface area contributed by atoms with Gasteiger partial charge in [0.25, 0.3) is 0 Å². The van der Waals surface area contributed by atoms with Crippen LogP contribution in [0.4, 0.5) is 9.59 Å². The fraction of sp³-hybridized carbons (Fsp3) is 0.517. The summed E-state index contributed by atoms with van der Waals surface area (Å²) in [5, 5.41) is 13.2. The van der Waals surface area contributed by atoms with E-state index < -0.39 is 29.4 Å². The standard InChI is InChI=1S/C34H49N3O5.C24H33N3O/c1-33(2,3)41-31(39)36-23-24-37(32(40)42-34(4,5)6)29(25-36)30(38)35-28(21-13-19-26-15-9-7-10-16-26)22-14-20-27-17-11-8-12-18-27;28-24(23-19-25-17-18-26-23)27-22(15-7-13-20-9-3-1-4-10-20)16-8-14-21-11-5-2-6-12-21/h7-12,15-18,28-29H,13-14,19-25H2,1-6H3,(H,35,38);1-6,9-12,22-23,25-26H,7-8,13-19H2,(H,27,28). The summed E-state index contributed by atoms with van der Waals surface area (Å²) < 4.78 is 11.2. The average molecular weight is 959 g/mol. The van der Waals surface area contributed by atoms with E-state index in [2.05, 4.69) is 106 Å². The molecule has 70 heavy (non-hydrogen) atoms. The van der Waals surface area contributed by atoms with Crippen LogP contribution in [0.25, 0.3) is 0 Å². The molecule has 4 aromatic rings. The molecular formula is C58H82N6O6. The van der Waals surface area contributed by atoms with Crippen LogP contribution in [0, 0.1) is 0 Å². The van der Waals surface area contributed by atoms with Crippen molar-refractivity contribution in [2.75, 3.05) is 39.3 Å². The van der Waals surface area contributed by atoms with E-state index >= 15 is 0 Å². The van der Waals surface area contributed by atoms with E-state index in [4.69, 9.17) is 9.47 Å². The lowest BCUT2D eigenvalue weighted by Crippen LogP contribution is -2.63. The summed E-state index contributed by atoms with van der Waals surface area (Å²) in [6, 6.07) is 41.1. The molecule has 380 valence electrons. The lowest BCUT2D eigenvalue weighted by atomic mass is 9.98. The lowest BCUT2D eigenvalue weighted by Gasteiger charge is -2.41. The van der Waals surface area contributed by atoms with Gasteiger partial charge in [0.05, 0.1) is 12.6 Å². The third kappa shape index (κ3) is 21.1. The van der Waals surface area contributed by atoms with Gasteiger partial charge in [-0.3, -0.25) is 14.5 Å². The molecule has 4 amide bonds. The van der Waals surface area contributed by atoms with Gasteiger partial charge in [-0.05, 0) is 141 Å². The molecule has 0 spiro atoms. The Bertz CT molecular complexity index is 2030.